The van der Waals surface area contributed by atoms with Crippen LogP contribution in [0.3, 0.4) is 0 Å². The van der Waals surface area contributed by atoms with Gasteiger partial charge in [-0.05, 0) is 29.7 Å². The number of hydrogen-bond acceptors (Lipinski definition) is 6. The zero-order valence-corrected chi connectivity index (χ0v) is 18.3. The summed E-state index contributed by atoms with van der Waals surface area (Å²) in [6, 6.07) is 15.6. The number of hydroxylamine groups is 2. The van der Waals surface area contributed by atoms with E-state index in [1.807, 2.05) is 48.5 Å². The van der Waals surface area contributed by atoms with E-state index >= 15 is 0 Å². The number of para-hydroxylation sites is 1. The maximum Gasteiger partial charge on any atom is 0.430 e. The monoisotopic (exact) mass is 423 g/mol. The van der Waals surface area contributed by atoms with Crippen LogP contribution in [0.2, 0.25) is 0 Å². The van der Waals surface area contributed by atoms with Crippen molar-refractivity contribution in [2.45, 2.75) is 44.6 Å². The van der Waals surface area contributed by atoms with Crippen LogP contribution in [0.5, 0.6) is 5.75 Å². The van der Waals surface area contributed by atoms with Crippen LogP contribution in [-0.4, -0.2) is 42.7 Å². The highest BCUT2D eigenvalue weighted by Gasteiger charge is 2.43. The number of carbonyl (C=O) groups is 1. The first-order valence-corrected chi connectivity index (χ1v) is 10.7. The lowest BCUT2D eigenvalue weighted by Crippen LogP contribution is -2.45. The molecule has 164 valence electrons. The molecule has 2 heterocycles. The highest BCUT2D eigenvalue weighted by atomic mass is 16.7. The SMILES string of the molecule is COc1cccc(C2=NOC3(CCN(OC(=O)Nc4ccccc4C(C)C)CC3)C2)c1. The van der Waals surface area contributed by atoms with E-state index in [2.05, 4.69) is 24.3 Å². The Morgan fingerprint density at radius 3 is 2.68 bits per heavy atom. The van der Waals surface area contributed by atoms with Gasteiger partial charge in [0.1, 0.15) is 11.4 Å². The molecule has 2 aromatic rings. The molecule has 1 amide bonds. The van der Waals surface area contributed by atoms with Gasteiger partial charge in [-0.25, -0.2) is 4.79 Å². The van der Waals surface area contributed by atoms with Crippen molar-refractivity contribution >= 4 is 17.5 Å². The fraction of sp³-hybridized carbons (Fsp3) is 0.417. The lowest BCUT2D eigenvalue weighted by molar-refractivity contribution is -0.154. The Hall–Kier alpha value is -3.06. The molecule has 0 aliphatic carbocycles. The predicted octanol–water partition coefficient (Wildman–Crippen LogP) is 4.94. The summed E-state index contributed by atoms with van der Waals surface area (Å²) in [5, 5.41) is 8.92. The normalized spacial score (nSPS) is 17.9. The van der Waals surface area contributed by atoms with Crippen molar-refractivity contribution in [2.24, 2.45) is 5.16 Å². The molecule has 2 aliphatic rings. The van der Waals surface area contributed by atoms with Crippen LogP contribution in [0.4, 0.5) is 10.5 Å². The predicted molar refractivity (Wildman–Crippen MR) is 119 cm³/mol. The zero-order valence-electron chi connectivity index (χ0n) is 18.3. The summed E-state index contributed by atoms with van der Waals surface area (Å²) in [5.74, 6) is 1.11. The molecule has 0 unspecified atom stereocenters. The highest BCUT2D eigenvalue weighted by Crippen LogP contribution is 2.36. The molecule has 0 atom stereocenters. The second kappa shape index (κ2) is 8.98. The third kappa shape index (κ3) is 4.82. The van der Waals surface area contributed by atoms with E-state index in [1.54, 1.807) is 12.2 Å². The number of benzene rings is 2. The lowest BCUT2D eigenvalue weighted by atomic mass is 9.86. The van der Waals surface area contributed by atoms with Gasteiger partial charge < -0.3 is 14.4 Å². The molecule has 0 bridgehead atoms. The number of ether oxygens (including phenoxy) is 1. The second-order valence-corrected chi connectivity index (χ2v) is 8.40. The van der Waals surface area contributed by atoms with Crippen LogP contribution in [0.25, 0.3) is 0 Å². The Kier molecular flexibility index (Phi) is 6.13. The number of hydrogen-bond donors (Lipinski definition) is 1. The molecule has 2 aromatic carbocycles. The molecular weight excluding hydrogens is 394 g/mol. The van der Waals surface area contributed by atoms with Gasteiger partial charge in [-0.15, -0.1) is 5.06 Å². The maximum absolute atomic E-state index is 12.4. The first-order chi connectivity index (χ1) is 15.0. The molecule has 31 heavy (non-hydrogen) atoms. The molecule has 1 N–H and O–H groups in total. The Bertz CT molecular complexity index is 965. The summed E-state index contributed by atoms with van der Waals surface area (Å²) in [6.07, 6.45) is 1.74. The third-order valence-electron chi connectivity index (χ3n) is 5.91. The quantitative estimate of drug-likeness (QED) is 0.737. The molecule has 0 aromatic heterocycles. The molecular formula is C24H29N3O4. The minimum absolute atomic E-state index is 0.310. The molecule has 0 saturated carbocycles. The minimum Gasteiger partial charge on any atom is -0.497 e. The number of carbonyl (C=O) groups excluding carboxylic acids is 1. The van der Waals surface area contributed by atoms with Gasteiger partial charge in [0, 0.05) is 43.6 Å². The van der Waals surface area contributed by atoms with Crippen LogP contribution >= 0.6 is 0 Å². The van der Waals surface area contributed by atoms with Crippen molar-refractivity contribution < 1.29 is 19.2 Å². The van der Waals surface area contributed by atoms with Crippen molar-refractivity contribution in [2.75, 3.05) is 25.5 Å². The smallest absolute Gasteiger partial charge is 0.430 e. The van der Waals surface area contributed by atoms with Gasteiger partial charge in [-0.2, -0.15) is 0 Å². The topological polar surface area (TPSA) is 72.4 Å². The summed E-state index contributed by atoms with van der Waals surface area (Å²) in [7, 11) is 1.65. The zero-order chi connectivity index (χ0) is 21.8. The number of nitrogens with zero attached hydrogens (tertiary/aromatic N) is 2. The fourth-order valence-electron chi connectivity index (χ4n) is 4.10. The van der Waals surface area contributed by atoms with E-state index in [1.165, 1.54) is 0 Å². The van der Waals surface area contributed by atoms with Gasteiger partial charge in [0.25, 0.3) is 0 Å². The van der Waals surface area contributed by atoms with Gasteiger partial charge in [0.05, 0.1) is 12.8 Å². The van der Waals surface area contributed by atoms with Crippen molar-refractivity contribution in [3.05, 3.63) is 59.7 Å². The first-order valence-electron chi connectivity index (χ1n) is 10.7. The van der Waals surface area contributed by atoms with Crippen LogP contribution in [0, 0.1) is 0 Å². The van der Waals surface area contributed by atoms with Crippen LogP contribution in [0.15, 0.2) is 53.7 Å². The number of rotatable bonds is 5. The largest absolute Gasteiger partial charge is 0.497 e. The fourth-order valence-corrected chi connectivity index (χ4v) is 4.10. The Labute approximate surface area is 182 Å². The van der Waals surface area contributed by atoms with E-state index in [-0.39, 0.29) is 5.60 Å². The van der Waals surface area contributed by atoms with Crippen LogP contribution in [0.1, 0.15) is 50.2 Å². The summed E-state index contributed by atoms with van der Waals surface area (Å²) < 4.78 is 5.31. The number of anilines is 1. The average Bonchev–Trinajstić information content (AvgIpc) is 3.19. The summed E-state index contributed by atoms with van der Waals surface area (Å²) >= 11 is 0. The number of methoxy groups -OCH3 is 1. The van der Waals surface area contributed by atoms with Crippen molar-refractivity contribution in [3.63, 3.8) is 0 Å². The third-order valence-corrected chi connectivity index (χ3v) is 5.91. The van der Waals surface area contributed by atoms with E-state index in [0.29, 0.717) is 19.0 Å². The molecule has 2 aliphatic heterocycles. The average molecular weight is 424 g/mol. The van der Waals surface area contributed by atoms with E-state index in [9.17, 15) is 4.79 Å². The molecule has 1 spiro atoms. The molecule has 1 fully saturated rings. The molecule has 7 nitrogen and oxygen atoms in total. The van der Waals surface area contributed by atoms with Crippen molar-refractivity contribution in [1.29, 1.82) is 0 Å². The number of piperidine rings is 1. The summed E-state index contributed by atoms with van der Waals surface area (Å²) in [6.45, 7) is 5.39. The molecule has 4 rings (SSSR count). The number of nitrogens with one attached hydrogen (secondary N) is 1. The van der Waals surface area contributed by atoms with Gasteiger partial charge in [0.15, 0.2) is 0 Å². The standard InChI is InChI=1S/C24H29N3O4/c1-17(2)20-9-4-5-10-21(20)25-23(28)30-27-13-11-24(12-14-27)16-22(26-31-24)18-7-6-8-19(15-18)29-3/h4-10,15,17H,11-14,16H2,1-3H3,(H,25,28). The highest BCUT2D eigenvalue weighted by molar-refractivity contribution is 6.02. The summed E-state index contributed by atoms with van der Waals surface area (Å²) in [5.41, 5.74) is 3.47. The molecule has 7 heteroatoms. The van der Waals surface area contributed by atoms with Crippen molar-refractivity contribution in [3.8, 4) is 5.75 Å². The Balaban J connectivity index is 1.30. The molecule has 1 saturated heterocycles. The number of amides is 1. The van der Waals surface area contributed by atoms with Crippen molar-refractivity contribution in [1.82, 2.24) is 5.06 Å². The lowest BCUT2D eigenvalue weighted by Gasteiger charge is -2.35. The van der Waals surface area contributed by atoms with Gasteiger partial charge in [-0.1, -0.05) is 49.3 Å². The van der Waals surface area contributed by atoms with E-state index in [4.69, 9.17) is 14.4 Å². The minimum atomic E-state index is -0.468. The Morgan fingerprint density at radius 2 is 1.94 bits per heavy atom. The van der Waals surface area contributed by atoms with E-state index in [0.717, 1.165) is 47.5 Å². The van der Waals surface area contributed by atoms with E-state index < -0.39 is 6.09 Å². The van der Waals surface area contributed by atoms with Gasteiger partial charge in [0.2, 0.25) is 0 Å². The second-order valence-electron chi connectivity index (χ2n) is 8.40. The first kappa shape index (κ1) is 21.2. The maximum atomic E-state index is 12.4. The van der Waals surface area contributed by atoms with Crippen LogP contribution < -0.4 is 10.1 Å². The Morgan fingerprint density at radius 1 is 1.16 bits per heavy atom. The van der Waals surface area contributed by atoms with Gasteiger partial charge in [-0.3, -0.25) is 5.32 Å². The number of oxime groups is 1. The molecule has 0 radical (unpaired) electrons. The summed E-state index contributed by atoms with van der Waals surface area (Å²) in [4.78, 5) is 23.9. The van der Waals surface area contributed by atoms with Crippen LogP contribution in [-0.2, 0) is 9.68 Å². The van der Waals surface area contributed by atoms with Gasteiger partial charge >= 0.3 is 6.09 Å².